The second-order valence-electron chi connectivity index (χ2n) is 7.63. The van der Waals surface area contributed by atoms with Crippen molar-refractivity contribution < 1.29 is 19.0 Å². The van der Waals surface area contributed by atoms with Crippen LogP contribution in [-0.2, 0) is 6.61 Å². The van der Waals surface area contributed by atoms with Gasteiger partial charge in [0.25, 0.3) is 0 Å². The van der Waals surface area contributed by atoms with Gasteiger partial charge in [0.15, 0.2) is 5.78 Å². The molecule has 3 aromatic carbocycles. The van der Waals surface area contributed by atoms with Crippen LogP contribution in [0.5, 0.6) is 5.75 Å². The number of hydrogen-bond donors (Lipinski definition) is 1. The highest BCUT2D eigenvalue weighted by molar-refractivity contribution is 6.24. The van der Waals surface area contributed by atoms with Gasteiger partial charge in [-0.3, -0.25) is 4.79 Å². The Kier molecular flexibility index (Phi) is 4.49. The van der Waals surface area contributed by atoms with Crippen LogP contribution in [0.4, 0.5) is 4.39 Å². The van der Waals surface area contributed by atoms with Crippen LogP contribution in [0.25, 0.3) is 33.9 Å². The Morgan fingerprint density at radius 2 is 1.84 bits per heavy atom. The highest BCUT2D eigenvalue weighted by atomic mass is 19.1. The average Bonchev–Trinajstić information content (AvgIpc) is 3.12. The second-order valence-corrected chi connectivity index (χ2v) is 7.63. The van der Waals surface area contributed by atoms with Gasteiger partial charge in [-0.1, -0.05) is 24.3 Å². The molecule has 0 atom stereocenters. The lowest BCUT2D eigenvalue weighted by atomic mass is 9.92. The molecule has 1 heterocycles. The predicted molar refractivity (Wildman–Crippen MR) is 119 cm³/mol. The number of aliphatic hydroxyl groups is 1. The number of allylic oxidation sites excluding steroid dienone is 1. The number of halogens is 1. The zero-order chi connectivity index (χ0) is 21.7. The van der Waals surface area contributed by atoms with Gasteiger partial charge in [-0.15, -0.1) is 0 Å². The standard InChI is InChI=1S/C26H20FNO3/c1-15-12-16-6-11-22(30)25-24(16)21(13-15)28(18-9-7-17(27)8-10-18)26(25)19-4-3-5-23(31-2)20(19)14-29/h3-13,29H,14H2,1-2H3. The normalized spacial score (nSPS) is 12.6. The van der Waals surface area contributed by atoms with Crippen LogP contribution < -0.4 is 4.74 Å². The lowest BCUT2D eigenvalue weighted by molar-refractivity contribution is 0.104. The van der Waals surface area contributed by atoms with E-state index in [1.54, 1.807) is 31.4 Å². The summed E-state index contributed by atoms with van der Waals surface area (Å²) in [4.78, 5) is 13.2. The molecule has 0 spiro atoms. The Morgan fingerprint density at radius 3 is 2.55 bits per heavy atom. The molecule has 1 aliphatic carbocycles. The Bertz CT molecular complexity index is 1380. The molecule has 0 bridgehead atoms. The number of benzene rings is 3. The van der Waals surface area contributed by atoms with Gasteiger partial charge < -0.3 is 14.4 Å². The summed E-state index contributed by atoms with van der Waals surface area (Å²) >= 11 is 0. The minimum Gasteiger partial charge on any atom is -0.496 e. The van der Waals surface area contributed by atoms with Crippen molar-refractivity contribution in [1.82, 2.24) is 4.57 Å². The van der Waals surface area contributed by atoms with Gasteiger partial charge in [0.1, 0.15) is 11.6 Å². The van der Waals surface area contributed by atoms with E-state index in [0.29, 0.717) is 28.1 Å². The van der Waals surface area contributed by atoms with E-state index >= 15 is 0 Å². The van der Waals surface area contributed by atoms with Gasteiger partial charge in [-0.25, -0.2) is 4.39 Å². The molecular formula is C26H20FNO3. The third-order valence-electron chi connectivity index (χ3n) is 5.76. The zero-order valence-electron chi connectivity index (χ0n) is 17.1. The number of hydrogen-bond acceptors (Lipinski definition) is 3. The maximum atomic E-state index is 13.7. The van der Waals surface area contributed by atoms with E-state index < -0.39 is 0 Å². The fourth-order valence-corrected chi connectivity index (χ4v) is 4.47. The topological polar surface area (TPSA) is 51.5 Å². The number of methoxy groups -OCH3 is 1. The number of ether oxygens (including phenoxy) is 1. The van der Waals surface area contributed by atoms with E-state index in [9.17, 15) is 14.3 Å². The van der Waals surface area contributed by atoms with Crippen LogP contribution in [0, 0.1) is 12.7 Å². The molecule has 1 N–H and O–H groups in total. The fraction of sp³-hybridized carbons (Fsp3) is 0.115. The summed E-state index contributed by atoms with van der Waals surface area (Å²) in [6.07, 6.45) is 3.41. The summed E-state index contributed by atoms with van der Waals surface area (Å²) < 4.78 is 21.2. The Hall–Kier alpha value is -3.70. The molecule has 1 aromatic heterocycles. The molecule has 0 fully saturated rings. The van der Waals surface area contributed by atoms with E-state index in [1.807, 2.05) is 41.8 Å². The first-order chi connectivity index (χ1) is 15.0. The smallest absolute Gasteiger partial charge is 0.188 e. The van der Waals surface area contributed by atoms with Crippen LogP contribution in [0.3, 0.4) is 0 Å². The monoisotopic (exact) mass is 413 g/mol. The van der Waals surface area contributed by atoms with E-state index in [2.05, 4.69) is 0 Å². The number of rotatable bonds is 4. The van der Waals surface area contributed by atoms with Crippen LogP contribution in [-0.4, -0.2) is 22.6 Å². The quantitative estimate of drug-likeness (QED) is 0.484. The number of aryl methyl sites for hydroxylation is 1. The number of ketones is 1. The molecule has 0 unspecified atom stereocenters. The number of carbonyl (C=O) groups excluding carboxylic acids is 1. The van der Waals surface area contributed by atoms with Gasteiger partial charge in [-0.05, 0) is 60.5 Å². The largest absolute Gasteiger partial charge is 0.496 e. The number of aliphatic hydroxyl groups excluding tert-OH is 1. The number of nitrogens with zero attached hydrogens (tertiary/aromatic N) is 1. The van der Waals surface area contributed by atoms with Gasteiger partial charge in [0, 0.05) is 22.2 Å². The summed E-state index contributed by atoms with van der Waals surface area (Å²) in [5.41, 5.74) is 6.11. The van der Waals surface area contributed by atoms with E-state index in [-0.39, 0.29) is 18.2 Å². The van der Waals surface area contributed by atoms with Crippen molar-refractivity contribution in [3.05, 3.63) is 88.7 Å². The van der Waals surface area contributed by atoms with E-state index in [0.717, 1.165) is 27.7 Å². The van der Waals surface area contributed by atoms with Gasteiger partial charge in [-0.2, -0.15) is 0 Å². The summed E-state index contributed by atoms with van der Waals surface area (Å²) in [5, 5.41) is 11.0. The lowest BCUT2D eigenvalue weighted by Crippen LogP contribution is -2.05. The van der Waals surface area contributed by atoms with Crippen molar-refractivity contribution in [3.63, 3.8) is 0 Å². The molecule has 0 saturated carbocycles. The highest BCUT2D eigenvalue weighted by Gasteiger charge is 2.29. The molecule has 31 heavy (non-hydrogen) atoms. The third-order valence-corrected chi connectivity index (χ3v) is 5.76. The first-order valence-electron chi connectivity index (χ1n) is 9.98. The minimum absolute atomic E-state index is 0.107. The third kappa shape index (κ3) is 2.89. The van der Waals surface area contributed by atoms with Crippen LogP contribution in [0.15, 0.2) is 60.7 Å². The maximum absolute atomic E-state index is 13.7. The van der Waals surface area contributed by atoms with E-state index in [4.69, 9.17) is 4.74 Å². The van der Waals surface area contributed by atoms with Crippen LogP contribution in [0.2, 0.25) is 0 Å². The van der Waals surface area contributed by atoms with Crippen molar-refractivity contribution in [1.29, 1.82) is 0 Å². The van der Waals surface area contributed by atoms with Crippen molar-refractivity contribution >= 4 is 22.8 Å². The van der Waals surface area contributed by atoms with Gasteiger partial charge in [0.2, 0.25) is 0 Å². The molecule has 5 heteroatoms. The first-order valence-corrected chi connectivity index (χ1v) is 9.98. The molecule has 154 valence electrons. The molecule has 4 aromatic rings. The lowest BCUT2D eigenvalue weighted by Gasteiger charge is -2.17. The molecule has 0 radical (unpaired) electrons. The maximum Gasteiger partial charge on any atom is 0.188 e. The SMILES string of the molecule is COc1cccc(-c2c3c4c(cc(C)cc4n2-c2ccc(F)cc2)C=CC3=O)c1CO. The molecule has 5 rings (SSSR count). The summed E-state index contributed by atoms with van der Waals surface area (Å²) in [7, 11) is 1.55. The van der Waals surface area contributed by atoms with Gasteiger partial charge in [0.05, 0.1) is 30.5 Å². The molecule has 0 aliphatic heterocycles. The minimum atomic E-state index is -0.335. The first kappa shape index (κ1) is 19.3. The number of aromatic nitrogens is 1. The Balaban J connectivity index is 1.99. The van der Waals surface area contributed by atoms with Crippen molar-refractivity contribution in [2.75, 3.05) is 7.11 Å². The summed E-state index contributed by atoms with van der Waals surface area (Å²) in [6, 6.07) is 15.8. The van der Waals surface area contributed by atoms with E-state index in [1.165, 1.54) is 12.1 Å². The van der Waals surface area contributed by atoms with Crippen molar-refractivity contribution in [2.24, 2.45) is 0 Å². The van der Waals surface area contributed by atoms with Gasteiger partial charge >= 0.3 is 0 Å². The average molecular weight is 413 g/mol. The van der Waals surface area contributed by atoms with Crippen molar-refractivity contribution in [3.8, 4) is 22.7 Å². The molecule has 0 amide bonds. The molecule has 4 nitrogen and oxygen atoms in total. The predicted octanol–water partition coefficient (Wildman–Crippen LogP) is 5.46. The summed E-state index contributed by atoms with van der Waals surface area (Å²) in [6.45, 7) is 1.76. The Morgan fingerprint density at radius 1 is 1.06 bits per heavy atom. The fourth-order valence-electron chi connectivity index (χ4n) is 4.47. The molecule has 1 aliphatic rings. The second kappa shape index (κ2) is 7.22. The summed E-state index contributed by atoms with van der Waals surface area (Å²) in [5.74, 6) is 0.0978. The Labute approximate surface area is 178 Å². The van der Waals surface area contributed by atoms with Crippen LogP contribution in [0.1, 0.15) is 27.0 Å². The van der Waals surface area contributed by atoms with Crippen molar-refractivity contribution in [2.45, 2.75) is 13.5 Å². The molecular weight excluding hydrogens is 393 g/mol. The highest BCUT2D eigenvalue weighted by Crippen LogP contribution is 2.43. The van der Waals surface area contributed by atoms with Crippen LogP contribution >= 0.6 is 0 Å². The zero-order valence-corrected chi connectivity index (χ0v) is 17.1. The number of carbonyl (C=O) groups is 1. The molecule has 0 saturated heterocycles.